The zero-order valence-electron chi connectivity index (χ0n) is 7.08. The maximum Gasteiger partial charge on any atom is 0.573 e. The number of halogens is 3. The van der Waals surface area contributed by atoms with Crippen molar-refractivity contribution in [2.45, 2.75) is 6.36 Å². The van der Waals surface area contributed by atoms with Gasteiger partial charge in [0.1, 0.15) is 0 Å². The van der Waals surface area contributed by atoms with E-state index in [2.05, 4.69) is 9.72 Å². The molecule has 0 aliphatic carbocycles. The van der Waals surface area contributed by atoms with Crippen molar-refractivity contribution < 1.29 is 27.8 Å². The third kappa shape index (κ3) is 3.01. The minimum absolute atomic E-state index is 0.391. The van der Waals surface area contributed by atoms with Crippen molar-refractivity contribution in [3.05, 3.63) is 18.0 Å². The zero-order chi connectivity index (χ0) is 11.6. The molecule has 0 aliphatic rings. The molecule has 82 valence electrons. The van der Waals surface area contributed by atoms with Crippen LogP contribution in [-0.2, 0) is 0 Å². The number of carbonyl (C=O) groups is 1. The predicted octanol–water partition coefficient (Wildman–Crippen LogP) is 1.26. The first-order chi connectivity index (χ1) is 6.79. The second-order valence-corrected chi connectivity index (χ2v) is 2.46. The van der Waals surface area contributed by atoms with Crippen LogP contribution in [0, 0.1) is 0 Å². The van der Waals surface area contributed by atoms with Crippen LogP contribution in [0.5, 0.6) is 5.75 Å². The summed E-state index contributed by atoms with van der Waals surface area (Å²) in [7, 11) is 0. The van der Waals surface area contributed by atoms with Gasteiger partial charge in [0.15, 0.2) is 11.4 Å². The van der Waals surface area contributed by atoms with E-state index in [1.807, 2.05) is 0 Å². The quantitative estimate of drug-likeness (QED) is 0.786. The van der Waals surface area contributed by atoms with Crippen LogP contribution in [0.25, 0.3) is 0 Å². The zero-order valence-corrected chi connectivity index (χ0v) is 7.08. The first-order valence-corrected chi connectivity index (χ1v) is 3.54. The molecule has 0 bridgehead atoms. The molecule has 0 saturated heterocycles. The summed E-state index contributed by atoms with van der Waals surface area (Å²) in [5, 5.41) is 8.46. The molecule has 0 aromatic carbocycles. The summed E-state index contributed by atoms with van der Waals surface area (Å²) >= 11 is 0. The fourth-order valence-corrected chi connectivity index (χ4v) is 0.778. The number of hydrogen-bond donors (Lipinski definition) is 2. The molecule has 0 fully saturated rings. The molecule has 0 atom stereocenters. The fraction of sp³-hybridized carbons (Fsp3) is 0.143. The SMILES string of the molecule is Nc1cnc(C(=O)O)cc1OC(F)(F)F. The molecule has 5 nitrogen and oxygen atoms in total. The lowest BCUT2D eigenvalue weighted by molar-refractivity contribution is -0.274. The van der Waals surface area contributed by atoms with E-state index in [-0.39, 0.29) is 0 Å². The highest BCUT2D eigenvalue weighted by Crippen LogP contribution is 2.27. The summed E-state index contributed by atoms with van der Waals surface area (Å²) in [6.07, 6.45) is -4.14. The Morgan fingerprint density at radius 1 is 1.53 bits per heavy atom. The number of carboxylic acid groups (broad SMARTS) is 1. The van der Waals surface area contributed by atoms with Crippen molar-refractivity contribution in [3.8, 4) is 5.75 Å². The number of nitrogens with zero attached hydrogens (tertiary/aromatic N) is 1. The Balaban J connectivity index is 3.06. The molecule has 0 radical (unpaired) electrons. The van der Waals surface area contributed by atoms with E-state index in [1.165, 1.54) is 0 Å². The number of aromatic nitrogens is 1. The average molecular weight is 222 g/mol. The summed E-state index contributed by atoms with van der Waals surface area (Å²) < 4.78 is 38.9. The Hall–Kier alpha value is -1.99. The number of hydrogen-bond acceptors (Lipinski definition) is 4. The normalized spacial score (nSPS) is 11.1. The lowest BCUT2D eigenvalue weighted by atomic mass is 10.3. The number of anilines is 1. The van der Waals surface area contributed by atoms with Gasteiger partial charge in [0.05, 0.1) is 11.9 Å². The van der Waals surface area contributed by atoms with Gasteiger partial charge in [-0.1, -0.05) is 0 Å². The molecule has 1 aromatic heterocycles. The molecule has 15 heavy (non-hydrogen) atoms. The smallest absolute Gasteiger partial charge is 0.477 e. The van der Waals surface area contributed by atoms with Crippen molar-refractivity contribution in [2.24, 2.45) is 0 Å². The molecular weight excluding hydrogens is 217 g/mol. The number of nitrogen functional groups attached to an aromatic ring is 1. The molecule has 0 unspecified atom stereocenters. The van der Waals surface area contributed by atoms with Crippen LogP contribution < -0.4 is 10.5 Å². The van der Waals surface area contributed by atoms with Crippen LogP contribution >= 0.6 is 0 Å². The first kappa shape index (κ1) is 11.1. The lowest BCUT2D eigenvalue weighted by Gasteiger charge is -2.10. The number of aromatic carboxylic acids is 1. The number of ether oxygens (including phenoxy) is 1. The highest BCUT2D eigenvalue weighted by Gasteiger charge is 2.32. The van der Waals surface area contributed by atoms with Crippen molar-refractivity contribution >= 4 is 11.7 Å². The largest absolute Gasteiger partial charge is 0.573 e. The number of pyridine rings is 1. The molecule has 0 aliphatic heterocycles. The molecule has 1 aromatic rings. The molecule has 0 spiro atoms. The van der Waals surface area contributed by atoms with Gasteiger partial charge in [0.2, 0.25) is 0 Å². The van der Waals surface area contributed by atoms with Gasteiger partial charge in [-0.2, -0.15) is 0 Å². The van der Waals surface area contributed by atoms with E-state index in [1.54, 1.807) is 0 Å². The number of alkyl halides is 3. The Kier molecular flexibility index (Phi) is 2.69. The van der Waals surface area contributed by atoms with E-state index in [0.717, 1.165) is 6.20 Å². The van der Waals surface area contributed by atoms with Gasteiger partial charge in [0, 0.05) is 6.07 Å². The molecule has 0 saturated carbocycles. The summed E-state index contributed by atoms with van der Waals surface area (Å²) in [4.78, 5) is 13.7. The van der Waals surface area contributed by atoms with E-state index in [0.29, 0.717) is 6.07 Å². The third-order valence-corrected chi connectivity index (χ3v) is 1.34. The highest BCUT2D eigenvalue weighted by atomic mass is 19.4. The average Bonchev–Trinajstić information content (AvgIpc) is 2.06. The maximum atomic E-state index is 11.8. The fourth-order valence-electron chi connectivity index (χ4n) is 0.778. The molecule has 3 N–H and O–H groups in total. The summed E-state index contributed by atoms with van der Waals surface area (Å²) in [6, 6.07) is 0.602. The Bertz CT molecular complexity index is 392. The molecular formula is C7H5F3N2O3. The van der Waals surface area contributed by atoms with Gasteiger partial charge in [-0.3, -0.25) is 0 Å². The van der Waals surface area contributed by atoms with Gasteiger partial charge in [0.25, 0.3) is 0 Å². The highest BCUT2D eigenvalue weighted by molar-refractivity contribution is 5.86. The number of rotatable bonds is 2. The Morgan fingerprint density at radius 3 is 2.60 bits per heavy atom. The summed E-state index contributed by atoms with van der Waals surface area (Å²) in [6.45, 7) is 0. The van der Waals surface area contributed by atoms with E-state index in [9.17, 15) is 18.0 Å². The topological polar surface area (TPSA) is 85.4 Å². The van der Waals surface area contributed by atoms with Gasteiger partial charge >= 0.3 is 12.3 Å². The predicted molar refractivity (Wildman–Crippen MR) is 42.3 cm³/mol. The van der Waals surface area contributed by atoms with Crippen molar-refractivity contribution in [3.63, 3.8) is 0 Å². The van der Waals surface area contributed by atoms with Gasteiger partial charge < -0.3 is 15.6 Å². The van der Waals surface area contributed by atoms with Crippen molar-refractivity contribution in [2.75, 3.05) is 5.73 Å². The van der Waals surface area contributed by atoms with E-state index < -0.39 is 29.5 Å². The Labute approximate surface area is 81.3 Å². The van der Waals surface area contributed by atoms with Crippen molar-refractivity contribution in [1.82, 2.24) is 4.98 Å². The monoisotopic (exact) mass is 222 g/mol. The van der Waals surface area contributed by atoms with Gasteiger partial charge in [-0.05, 0) is 0 Å². The number of carboxylic acids is 1. The van der Waals surface area contributed by atoms with E-state index in [4.69, 9.17) is 10.8 Å². The van der Waals surface area contributed by atoms with Crippen LogP contribution in [0.1, 0.15) is 10.5 Å². The summed E-state index contributed by atoms with van der Waals surface area (Å²) in [5.74, 6) is -2.25. The second kappa shape index (κ2) is 3.64. The van der Waals surface area contributed by atoms with Crippen molar-refractivity contribution in [1.29, 1.82) is 0 Å². The molecule has 8 heteroatoms. The minimum atomic E-state index is -4.93. The third-order valence-electron chi connectivity index (χ3n) is 1.34. The van der Waals surface area contributed by atoms with Crippen LogP contribution in [0.3, 0.4) is 0 Å². The van der Waals surface area contributed by atoms with Gasteiger partial charge in [-0.15, -0.1) is 13.2 Å². The maximum absolute atomic E-state index is 11.8. The second-order valence-electron chi connectivity index (χ2n) is 2.46. The first-order valence-electron chi connectivity index (χ1n) is 3.54. The van der Waals surface area contributed by atoms with Crippen LogP contribution in [0.15, 0.2) is 12.3 Å². The molecule has 1 heterocycles. The lowest BCUT2D eigenvalue weighted by Crippen LogP contribution is -2.18. The number of nitrogens with two attached hydrogens (primary N) is 1. The molecule has 1 rings (SSSR count). The molecule has 0 amide bonds. The van der Waals surface area contributed by atoms with Crippen LogP contribution in [0.2, 0.25) is 0 Å². The van der Waals surface area contributed by atoms with Crippen LogP contribution in [0.4, 0.5) is 18.9 Å². The standard InChI is InChI=1S/C7H5F3N2O3/c8-7(9,10)15-5-1-4(6(13)14)12-2-3(5)11/h1-2H,11H2,(H,13,14). The summed E-state index contributed by atoms with van der Waals surface area (Å²) in [5.41, 5.74) is 4.14. The minimum Gasteiger partial charge on any atom is -0.477 e. The Morgan fingerprint density at radius 2 is 2.13 bits per heavy atom. The van der Waals surface area contributed by atoms with Crippen LogP contribution in [-0.4, -0.2) is 22.4 Å². The van der Waals surface area contributed by atoms with E-state index >= 15 is 0 Å². The van der Waals surface area contributed by atoms with Gasteiger partial charge in [-0.25, -0.2) is 9.78 Å².